The molecule has 0 unspecified atom stereocenters. The molecule has 0 aliphatic heterocycles. The molecular weight excluding hydrogens is 172 g/mol. The van der Waals surface area contributed by atoms with Crippen LogP contribution in [0.25, 0.3) is 0 Å². The van der Waals surface area contributed by atoms with Gasteiger partial charge in [-0.25, -0.2) is 0 Å². The topological polar surface area (TPSA) is 81.4 Å². The van der Waals surface area contributed by atoms with E-state index in [0.717, 1.165) is 0 Å². The van der Waals surface area contributed by atoms with Gasteiger partial charge in [0, 0.05) is 26.9 Å². The number of rotatable bonds is 3. The van der Waals surface area contributed by atoms with Gasteiger partial charge in [-0.2, -0.15) is 0 Å². The third-order valence-corrected chi connectivity index (χ3v) is 0.866. The van der Waals surface area contributed by atoms with Crippen LogP contribution in [-0.4, -0.2) is 31.6 Å². The second-order valence-corrected chi connectivity index (χ2v) is 2.20. The Morgan fingerprint density at radius 3 is 2.00 bits per heavy atom. The molecule has 0 atom stereocenters. The smallest absolute Gasteiger partial charge is 0.302 e. The Kier molecular flexibility index (Phi) is 12.1. The van der Waals surface area contributed by atoms with Crippen molar-refractivity contribution in [1.29, 1.82) is 0 Å². The summed E-state index contributed by atoms with van der Waals surface area (Å²) in [7, 11) is 0. The van der Waals surface area contributed by atoms with Crippen molar-refractivity contribution in [1.82, 2.24) is 5.32 Å². The van der Waals surface area contributed by atoms with Gasteiger partial charge in [0.05, 0.1) is 6.61 Å². The van der Waals surface area contributed by atoms with Crippen molar-refractivity contribution < 1.29 is 14.3 Å². The molecule has 0 aromatic heterocycles. The molecule has 0 saturated carbocycles. The normalized spacial score (nSPS) is 8.00. The Bertz CT molecular complexity index is 148. The van der Waals surface area contributed by atoms with Crippen molar-refractivity contribution in [3.63, 3.8) is 0 Å². The van der Waals surface area contributed by atoms with Crippen LogP contribution in [0.5, 0.6) is 0 Å². The summed E-state index contributed by atoms with van der Waals surface area (Å²) in [4.78, 5) is 19.9. The van der Waals surface area contributed by atoms with Gasteiger partial charge in [0.25, 0.3) is 0 Å². The number of hydrogen-bond donors (Lipinski definition) is 2. The molecule has 0 aliphatic carbocycles. The van der Waals surface area contributed by atoms with E-state index in [0.29, 0.717) is 19.7 Å². The number of nitrogens with two attached hydrogens (primary N) is 1. The summed E-state index contributed by atoms with van der Waals surface area (Å²) in [5, 5.41) is 2.53. The molecule has 13 heavy (non-hydrogen) atoms. The number of carbonyl (C=O) groups is 2. The van der Waals surface area contributed by atoms with Crippen LogP contribution in [0.4, 0.5) is 0 Å². The molecule has 0 heterocycles. The first-order valence-corrected chi connectivity index (χ1v) is 4.12. The molecule has 0 fully saturated rings. The Morgan fingerprint density at radius 2 is 1.92 bits per heavy atom. The van der Waals surface area contributed by atoms with E-state index in [-0.39, 0.29) is 11.9 Å². The standard InChI is InChI=1S/C4H10N2O.C4H8O2/c1-4(7)6-3-2-5;1-3-6-4(2)5/h2-3,5H2,1H3,(H,6,7);3H2,1-2H3. The molecule has 0 rings (SSSR count). The van der Waals surface area contributed by atoms with Crippen molar-refractivity contribution in [2.24, 2.45) is 5.73 Å². The number of amides is 1. The zero-order valence-electron chi connectivity index (χ0n) is 8.42. The predicted molar refractivity (Wildman–Crippen MR) is 50.0 cm³/mol. The Morgan fingerprint density at radius 1 is 1.38 bits per heavy atom. The van der Waals surface area contributed by atoms with E-state index in [2.05, 4.69) is 10.1 Å². The van der Waals surface area contributed by atoms with Gasteiger partial charge in [-0.1, -0.05) is 0 Å². The molecule has 0 spiro atoms. The lowest BCUT2D eigenvalue weighted by atomic mass is 10.6. The Balaban J connectivity index is 0. The highest BCUT2D eigenvalue weighted by Gasteiger charge is 1.83. The second-order valence-electron chi connectivity index (χ2n) is 2.20. The number of ether oxygens (including phenoxy) is 1. The molecule has 0 aromatic rings. The van der Waals surface area contributed by atoms with E-state index in [4.69, 9.17) is 5.73 Å². The summed E-state index contributed by atoms with van der Waals surface area (Å²) < 4.78 is 4.40. The maximum Gasteiger partial charge on any atom is 0.302 e. The molecule has 0 bridgehead atoms. The fourth-order valence-corrected chi connectivity index (χ4v) is 0.451. The van der Waals surface area contributed by atoms with Crippen LogP contribution in [0, 0.1) is 0 Å². The monoisotopic (exact) mass is 190 g/mol. The summed E-state index contributed by atoms with van der Waals surface area (Å²) in [6.07, 6.45) is 0. The van der Waals surface area contributed by atoms with Crippen LogP contribution in [0.15, 0.2) is 0 Å². The summed E-state index contributed by atoms with van der Waals surface area (Å²) in [5.41, 5.74) is 5.06. The quantitative estimate of drug-likeness (QED) is 0.596. The lowest BCUT2D eigenvalue weighted by Crippen LogP contribution is -2.26. The molecule has 0 radical (unpaired) electrons. The minimum atomic E-state index is -0.211. The molecule has 0 aliphatic rings. The molecule has 0 saturated heterocycles. The van der Waals surface area contributed by atoms with E-state index < -0.39 is 0 Å². The number of nitrogens with one attached hydrogen (secondary N) is 1. The van der Waals surface area contributed by atoms with Gasteiger partial charge in [-0.3, -0.25) is 9.59 Å². The fraction of sp³-hybridized carbons (Fsp3) is 0.750. The lowest BCUT2D eigenvalue weighted by molar-refractivity contribution is -0.140. The molecule has 78 valence electrons. The number of esters is 1. The van der Waals surface area contributed by atoms with Crippen molar-refractivity contribution in [3.8, 4) is 0 Å². The van der Waals surface area contributed by atoms with Crippen LogP contribution in [0.3, 0.4) is 0 Å². The molecule has 3 N–H and O–H groups in total. The van der Waals surface area contributed by atoms with E-state index in [1.54, 1.807) is 6.92 Å². The first-order valence-electron chi connectivity index (χ1n) is 4.12. The first-order chi connectivity index (χ1) is 6.04. The molecule has 5 nitrogen and oxygen atoms in total. The highest BCUT2D eigenvalue weighted by atomic mass is 16.5. The second kappa shape index (κ2) is 10.9. The largest absolute Gasteiger partial charge is 0.466 e. The number of carbonyl (C=O) groups excluding carboxylic acids is 2. The van der Waals surface area contributed by atoms with Crippen LogP contribution >= 0.6 is 0 Å². The van der Waals surface area contributed by atoms with Gasteiger partial charge in [-0.05, 0) is 6.92 Å². The third kappa shape index (κ3) is 24.8. The average Bonchev–Trinajstić information content (AvgIpc) is 2.01. The van der Waals surface area contributed by atoms with Crippen molar-refractivity contribution in [3.05, 3.63) is 0 Å². The molecular formula is C8H18N2O3. The summed E-state index contributed by atoms with van der Waals surface area (Å²) >= 11 is 0. The maximum atomic E-state index is 10.0. The lowest BCUT2D eigenvalue weighted by Gasteiger charge is -1.93. The summed E-state index contributed by atoms with van der Waals surface area (Å²) in [5.74, 6) is -0.233. The minimum Gasteiger partial charge on any atom is -0.466 e. The highest BCUT2D eigenvalue weighted by Crippen LogP contribution is 1.69. The van der Waals surface area contributed by atoms with E-state index in [1.165, 1.54) is 13.8 Å². The fourth-order valence-electron chi connectivity index (χ4n) is 0.451. The molecule has 0 aromatic carbocycles. The van der Waals surface area contributed by atoms with E-state index in [1.807, 2.05) is 0 Å². The minimum absolute atomic E-state index is 0.0227. The van der Waals surface area contributed by atoms with Crippen LogP contribution < -0.4 is 11.1 Å². The van der Waals surface area contributed by atoms with Gasteiger partial charge in [0.1, 0.15) is 0 Å². The molecule has 1 amide bonds. The zero-order chi connectivity index (χ0) is 10.7. The molecule has 5 heteroatoms. The first kappa shape index (κ1) is 14.4. The SMILES string of the molecule is CC(=O)NCCN.CCOC(C)=O. The Hall–Kier alpha value is -1.10. The predicted octanol–water partition coefficient (Wildman–Crippen LogP) is -0.349. The Labute approximate surface area is 78.6 Å². The zero-order valence-corrected chi connectivity index (χ0v) is 8.42. The van der Waals surface area contributed by atoms with Crippen LogP contribution in [-0.2, 0) is 14.3 Å². The summed E-state index contributed by atoms with van der Waals surface area (Å²) in [6.45, 7) is 6.21. The maximum absolute atomic E-state index is 10.0. The van der Waals surface area contributed by atoms with Crippen LogP contribution in [0.2, 0.25) is 0 Å². The van der Waals surface area contributed by atoms with E-state index in [9.17, 15) is 9.59 Å². The van der Waals surface area contributed by atoms with Crippen molar-refractivity contribution in [2.45, 2.75) is 20.8 Å². The van der Waals surface area contributed by atoms with Crippen LogP contribution in [0.1, 0.15) is 20.8 Å². The van der Waals surface area contributed by atoms with Gasteiger partial charge in [0.2, 0.25) is 5.91 Å². The van der Waals surface area contributed by atoms with E-state index >= 15 is 0 Å². The van der Waals surface area contributed by atoms with Crippen molar-refractivity contribution >= 4 is 11.9 Å². The van der Waals surface area contributed by atoms with Gasteiger partial charge in [-0.15, -0.1) is 0 Å². The number of hydrogen-bond acceptors (Lipinski definition) is 4. The average molecular weight is 190 g/mol. The van der Waals surface area contributed by atoms with Gasteiger partial charge >= 0.3 is 5.97 Å². The van der Waals surface area contributed by atoms with Gasteiger partial charge in [0.15, 0.2) is 0 Å². The summed E-state index contributed by atoms with van der Waals surface area (Å²) in [6, 6.07) is 0. The van der Waals surface area contributed by atoms with Crippen molar-refractivity contribution in [2.75, 3.05) is 19.7 Å². The van der Waals surface area contributed by atoms with Gasteiger partial charge < -0.3 is 15.8 Å². The third-order valence-electron chi connectivity index (χ3n) is 0.866. The highest BCUT2D eigenvalue weighted by molar-refractivity contribution is 5.72.